The fourth-order valence-corrected chi connectivity index (χ4v) is 4.13. The van der Waals surface area contributed by atoms with Gasteiger partial charge in [-0.05, 0) is 52.7 Å². The summed E-state index contributed by atoms with van der Waals surface area (Å²) in [5, 5.41) is 2.16. The highest BCUT2D eigenvalue weighted by atomic mass is 32.2. The van der Waals surface area contributed by atoms with Gasteiger partial charge < -0.3 is 4.74 Å². The van der Waals surface area contributed by atoms with Crippen LogP contribution in [-0.2, 0) is 11.4 Å². The molecule has 1 saturated heterocycles. The molecule has 146 valence electrons. The molecule has 0 radical (unpaired) electrons. The molecule has 1 fully saturated rings. The van der Waals surface area contributed by atoms with Crippen molar-refractivity contribution in [3.05, 3.63) is 82.8 Å². The Kier molecular flexibility index (Phi) is 5.67. The van der Waals surface area contributed by atoms with Gasteiger partial charge in [0, 0.05) is 12.1 Å². The maximum atomic E-state index is 12.5. The zero-order chi connectivity index (χ0) is 20.2. The number of hydrogen-bond acceptors (Lipinski definition) is 4. The fraction of sp³-hybridized carbons (Fsp3) is 0.167. The molecular formula is C24H21NO3S. The first-order valence-electron chi connectivity index (χ1n) is 9.60. The van der Waals surface area contributed by atoms with Gasteiger partial charge in [-0.25, -0.2) is 0 Å². The van der Waals surface area contributed by atoms with Crippen molar-refractivity contribution >= 4 is 39.8 Å². The first kappa shape index (κ1) is 19.3. The van der Waals surface area contributed by atoms with Gasteiger partial charge in [0.1, 0.15) is 12.4 Å². The second kappa shape index (κ2) is 8.53. The quantitative estimate of drug-likeness (QED) is 0.483. The van der Waals surface area contributed by atoms with Gasteiger partial charge in [0.2, 0.25) is 0 Å². The molecule has 4 rings (SSSR count). The molecule has 0 aromatic heterocycles. The number of fused-ring (bicyclic) bond motifs is 1. The molecule has 1 aliphatic rings. The number of rotatable bonds is 6. The van der Waals surface area contributed by atoms with Crippen molar-refractivity contribution in [2.24, 2.45) is 0 Å². The molecule has 0 saturated carbocycles. The maximum Gasteiger partial charge on any atom is 0.293 e. The van der Waals surface area contributed by atoms with E-state index in [2.05, 4.69) is 30.3 Å². The van der Waals surface area contributed by atoms with E-state index in [-0.39, 0.29) is 11.1 Å². The predicted molar refractivity (Wildman–Crippen MR) is 118 cm³/mol. The predicted octanol–water partition coefficient (Wildman–Crippen LogP) is 5.87. The Morgan fingerprint density at radius 2 is 1.72 bits per heavy atom. The lowest BCUT2D eigenvalue weighted by atomic mass is 10.1. The highest BCUT2D eigenvalue weighted by Gasteiger charge is 2.34. The van der Waals surface area contributed by atoms with Crippen LogP contribution in [0.25, 0.3) is 16.8 Å². The van der Waals surface area contributed by atoms with Crippen LogP contribution >= 0.6 is 11.8 Å². The normalized spacial score (nSPS) is 15.5. The highest BCUT2D eigenvalue weighted by molar-refractivity contribution is 8.18. The van der Waals surface area contributed by atoms with Crippen LogP contribution in [0.1, 0.15) is 24.5 Å². The Hall–Kier alpha value is -3.05. The number of benzene rings is 3. The lowest BCUT2D eigenvalue weighted by Gasteiger charge is -2.11. The highest BCUT2D eigenvalue weighted by Crippen LogP contribution is 2.34. The molecule has 0 spiro atoms. The summed E-state index contributed by atoms with van der Waals surface area (Å²) in [5.74, 6) is 0.453. The molecule has 0 atom stereocenters. The fourth-order valence-electron chi connectivity index (χ4n) is 3.28. The molecule has 0 unspecified atom stereocenters. The first-order valence-corrected chi connectivity index (χ1v) is 10.4. The van der Waals surface area contributed by atoms with Crippen molar-refractivity contribution in [2.75, 3.05) is 6.54 Å². The largest absolute Gasteiger partial charge is 0.488 e. The first-order chi connectivity index (χ1) is 14.2. The van der Waals surface area contributed by atoms with Gasteiger partial charge in [0.15, 0.2) is 0 Å². The van der Waals surface area contributed by atoms with Gasteiger partial charge in [0.25, 0.3) is 11.1 Å². The number of nitrogens with zero attached hydrogens (tertiary/aromatic N) is 1. The minimum atomic E-state index is -0.230. The Morgan fingerprint density at radius 3 is 2.55 bits per heavy atom. The second-order valence-corrected chi connectivity index (χ2v) is 7.83. The molecule has 1 aliphatic heterocycles. The van der Waals surface area contributed by atoms with E-state index in [1.807, 2.05) is 43.3 Å². The number of amides is 2. The lowest BCUT2D eigenvalue weighted by molar-refractivity contribution is -0.122. The third-order valence-electron chi connectivity index (χ3n) is 4.73. The van der Waals surface area contributed by atoms with E-state index in [1.54, 1.807) is 6.08 Å². The van der Waals surface area contributed by atoms with E-state index < -0.39 is 0 Å². The molecule has 2 amide bonds. The van der Waals surface area contributed by atoms with Crippen LogP contribution in [0.2, 0.25) is 0 Å². The molecule has 0 N–H and O–H groups in total. The molecule has 29 heavy (non-hydrogen) atoms. The van der Waals surface area contributed by atoms with Gasteiger partial charge in [0.05, 0.1) is 4.91 Å². The summed E-state index contributed by atoms with van der Waals surface area (Å²) in [6, 6.07) is 22.0. The number of para-hydroxylation sites is 1. The van der Waals surface area contributed by atoms with Crippen molar-refractivity contribution in [1.29, 1.82) is 0 Å². The Labute approximate surface area is 174 Å². The molecule has 0 aliphatic carbocycles. The molecule has 3 aromatic carbocycles. The van der Waals surface area contributed by atoms with E-state index in [4.69, 9.17) is 4.74 Å². The van der Waals surface area contributed by atoms with Gasteiger partial charge in [-0.2, -0.15) is 0 Å². The average molecular weight is 404 g/mol. The van der Waals surface area contributed by atoms with E-state index in [0.717, 1.165) is 29.3 Å². The molecular weight excluding hydrogens is 382 g/mol. The van der Waals surface area contributed by atoms with Crippen molar-refractivity contribution in [3.63, 3.8) is 0 Å². The van der Waals surface area contributed by atoms with E-state index in [9.17, 15) is 9.59 Å². The molecule has 4 nitrogen and oxygen atoms in total. The summed E-state index contributed by atoms with van der Waals surface area (Å²) >= 11 is 0.984. The number of hydrogen-bond donors (Lipinski definition) is 0. The summed E-state index contributed by atoms with van der Waals surface area (Å²) in [7, 11) is 0. The van der Waals surface area contributed by atoms with Crippen LogP contribution < -0.4 is 4.74 Å². The third kappa shape index (κ3) is 4.20. The maximum absolute atomic E-state index is 12.5. The average Bonchev–Trinajstić information content (AvgIpc) is 3.01. The monoisotopic (exact) mass is 403 g/mol. The van der Waals surface area contributed by atoms with Gasteiger partial charge >= 0.3 is 0 Å². The Balaban J connectivity index is 1.54. The van der Waals surface area contributed by atoms with Crippen molar-refractivity contribution in [2.45, 2.75) is 20.0 Å². The number of imide groups is 1. The van der Waals surface area contributed by atoms with Crippen LogP contribution in [0.3, 0.4) is 0 Å². The smallest absolute Gasteiger partial charge is 0.293 e. The summed E-state index contributed by atoms with van der Waals surface area (Å²) in [6.07, 6.45) is 2.49. The van der Waals surface area contributed by atoms with E-state index in [1.165, 1.54) is 15.7 Å². The van der Waals surface area contributed by atoms with Crippen molar-refractivity contribution in [1.82, 2.24) is 4.90 Å². The second-order valence-electron chi connectivity index (χ2n) is 6.84. The van der Waals surface area contributed by atoms with Gasteiger partial charge in [-0.15, -0.1) is 0 Å². The topological polar surface area (TPSA) is 46.6 Å². The summed E-state index contributed by atoms with van der Waals surface area (Å²) in [5.41, 5.74) is 1.86. The zero-order valence-electron chi connectivity index (χ0n) is 16.1. The van der Waals surface area contributed by atoms with Crippen LogP contribution in [0, 0.1) is 0 Å². The summed E-state index contributed by atoms with van der Waals surface area (Å²) in [4.78, 5) is 26.3. The molecule has 0 bridgehead atoms. The molecule has 5 heteroatoms. The van der Waals surface area contributed by atoms with E-state index in [0.29, 0.717) is 23.8 Å². The number of ether oxygens (including phenoxy) is 1. The van der Waals surface area contributed by atoms with Crippen LogP contribution in [-0.4, -0.2) is 22.6 Å². The van der Waals surface area contributed by atoms with Gasteiger partial charge in [-0.3, -0.25) is 14.5 Å². The molecule has 3 aromatic rings. The Bertz CT molecular complexity index is 1110. The SMILES string of the molecule is CCCN1C(=O)S/C(=C/c2ccccc2OCc2ccc3ccccc3c2)C1=O. The number of carbonyl (C=O) groups is 2. The van der Waals surface area contributed by atoms with Crippen molar-refractivity contribution < 1.29 is 14.3 Å². The van der Waals surface area contributed by atoms with Crippen LogP contribution in [0.15, 0.2) is 71.6 Å². The number of thioether (sulfide) groups is 1. The van der Waals surface area contributed by atoms with Crippen LogP contribution in [0.4, 0.5) is 4.79 Å². The Morgan fingerprint density at radius 1 is 0.966 bits per heavy atom. The lowest BCUT2D eigenvalue weighted by Crippen LogP contribution is -2.28. The standard InChI is InChI=1S/C24H21NO3S/c1-2-13-25-23(26)22(29-24(25)27)15-20-9-5-6-10-21(20)28-16-17-11-12-18-7-3-4-8-19(18)14-17/h3-12,14-15H,2,13,16H2,1H3/b22-15+. The van der Waals surface area contributed by atoms with Gasteiger partial charge in [-0.1, -0.05) is 61.5 Å². The summed E-state index contributed by atoms with van der Waals surface area (Å²) < 4.78 is 6.06. The minimum absolute atomic E-state index is 0.210. The minimum Gasteiger partial charge on any atom is -0.488 e. The third-order valence-corrected chi connectivity index (χ3v) is 5.64. The van der Waals surface area contributed by atoms with Crippen molar-refractivity contribution in [3.8, 4) is 5.75 Å². The van der Waals surface area contributed by atoms with Crippen LogP contribution in [0.5, 0.6) is 5.75 Å². The van der Waals surface area contributed by atoms with E-state index >= 15 is 0 Å². The number of carbonyl (C=O) groups excluding carboxylic acids is 2. The summed E-state index contributed by atoms with van der Waals surface area (Å²) in [6.45, 7) is 2.82. The zero-order valence-corrected chi connectivity index (χ0v) is 16.9. The molecule has 1 heterocycles.